The average Bonchev–Trinajstić information content (AvgIpc) is 3.32. The standard InChI is InChI=1S/C23H22N6O5/c1-3-33-17-12-8-7-11-16(17)24-18(30)13-14-19-25-21(27-34-19)20-22(31)28(2)23(32)29(26-20)15-9-5-4-6-10-15/h4-12H,3,13-14H2,1-2H3,(H,24,30). The Morgan fingerprint density at radius 3 is 2.59 bits per heavy atom. The van der Waals surface area contributed by atoms with Gasteiger partial charge >= 0.3 is 5.69 Å². The predicted octanol–water partition coefficient (Wildman–Crippen LogP) is 1.95. The molecule has 4 aromatic rings. The number of carbonyl (C=O) groups is 1. The van der Waals surface area contributed by atoms with E-state index in [9.17, 15) is 14.4 Å². The molecule has 174 valence electrons. The molecule has 1 N–H and O–H groups in total. The van der Waals surface area contributed by atoms with Gasteiger partial charge in [-0.2, -0.15) is 14.8 Å². The lowest BCUT2D eigenvalue weighted by molar-refractivity contribution is -0.116. The number of hydrogen-bond acceptors (Lipinski definition) is 8. The first kappa shape index (κ1) is 22.6. The Hall–Kier alpha value is -4.54. The van der Waals surface area contributed by atoms with Gasteiger partial charge < -0.3 is 14.6 Å². The normalized spacial score (nSPS) is 10.8. The zero-order chi connectivity index (χ0) is 24.1. The first-order valence-electron chi connectivity index (χ1n) is 10.6. The molecule has 2 heterocycles. The van der Waals surface area contributed by atoms with Gasteiger partial charge in [-0.15, -0.1) is 0 Å². The fourth-order valence-corrected chi connectivity index (χ4v) is 3.19. The highest BCUT2D eigenvalue weighted by Gasteiger charge is 2.19. The van der Waals surface area contributed by atoms with Crippen LogP contribution >= 0.6 is 0 Å². The van der Waals surface area contributed by atoms with Crippen molar-refractivity contribution in [2.45, 2.75) is 19.8 Å². The lowest BCUT2D eigenvalue weighted by Gasteiger charge is -2.10. The van der Waals surface area contributed by atoms with Crippen LogP contribution in [0, 0.1) is 0 Å². The van der Waals surface area contributed by atoms with Crippen LogP contribution in [0.25, 0.3) is 17.2 Å². The molecule has 0 bridgehead atoms. The number of aromatic nitrogens is 5. The highest BCUT2D eigenvalue weighted by molar-refractivity contribution is 5.92. The molecule has 0 radical (unpaired) electrons. The van der Waals surface area contributed by atoms with E-state index in [1.54, 1.807) is 48.5 Å². The molecule has 0 aliphatic rings. The minimum atomic E-state index is -0.658. The second-order valence-electron chi connectivity index (χ2n) is 7.23. The Labute approximate surface area is 193 Å². The Kier molecular flexibility index (Phi) is 6.62. The largest absolute Gasteiger partial charge is 0.492 e. The van der Waals surface area contributed by atoms with Crippen molar-refractivity contribution < 1.29 is 14.1 Å². The van der Waals surface area contributed by atoms with E-state index < -0.39 is 11.2 Å². The van der Waals surface area contributed by atoms with E-state index in [1.807, 2.05) is 13.0 Å². The highest BCUT2D eigenvalue weighted by Crippen LogP contribution is 2.24. The number of carbonyl (C=O) groups excluding carboxylic acids is 1. The van der Waals surface area contributed by atoms with Crippen molar-refractivity contribution in [3.63, 3.8) is 0 Å². The van der Waals surface area contributed by atoms with Crippen LogP contribution < -0.4 is 21.3 Å². The van der Waals surface area contributed by atoms with Crippen LogP contribution in [0.5, 0.6) is 5.75 Å². The molecule has 2 aromatic heterocycles. The van der Waals surface area contributed by atoms with Gasteiger partial charge in [0.2, 0.25) is 17.6 Å². The minimum Gasteiger partial charge on any atom is -0.492 e. The molecular weight excluding hydrogens is 440 g/mol. The van der Waals surface area contributed by atoms with Gasteiger partial charge in [0.25, 0.3) is 5.56 Å². The zero-order valence-electron chi connectivity index (χ0n) is 18.6. The van der Waals surface area contributed by atoms with E-state index in [4.69, 9.17) is 9.26 Å². The van der Waals surface area contributed by atoms with Gasteiger partial charge in [0.1, 0.15) is 5.75 Å². The second kappa shape index (κ2) is 9.94. The Morgan fingerprint density at radius 2 is 1.82 bits per heavy atom. The van der Waals surface area contributed by atoms with E-state index in [0.717, 1.165) is 9.25 Å². The van der Waals surface area contributed by atoms with Gasteiger partial charge in [-0.1, -0.05) is 35.5 Å². The predicted molar refractivity (Wildman–Crippen MR) is 123 cm³/mol. The molecule has 4 rings (SSSR count). The van der Waals surface area contributed by atoms with Crippen LogP contribution in [0.15, 0.2) is 68.7 Å². The third kappa shape index (κ3) is 4.77. The minimum absolute atomic E-state index is 0.0665. The molecule has 0 fully saturated rings. The molecule has 0 spiro atoms. The number of anilines is 1. The maximum Gasteiger partial charge on any atom is 0.351 e. The third-order valence-corrected chi connectivity index (χ3v) is 4.88. The first-order valence-corrected chi connectivity index (χ1v) is 10.6. The van der Waals surface area contributed by atoms with Crippen molar-refractivity contribution in [1.82, 2.24) is 24.5 Å². The average molecular weight is 462 g/mol. The van der Waals surface area contributed by atoms with Gasteiger partial charge in [-0.25, -0.2) is 4.79 Å². The monoisotopic (exact) mass is 462 g/mol. The lowest BCUT2D eigenvalue weighted by Crippen LogP contribution is -2.40. The molecule has 0 aliphatic heterocycles. The lowest BCUT2D eigenvalue weighted by atomic mass is 10.2. The summed E-state index contributed by atoms with van der Waals surface area (Å²) in [4.78, 5) is 41.7. The number of amides is 1. The van der Waals surface area contributed by atoms with E-state index in [1.165, 1.54) is 7.05 Å². The number of hydrogen-bond donors (Lipinski definition) is 1. The maximum absolute atomic E-state index is 12.6. The van der Waals surface area contributed by atoms with E-state index >= 15 is 0 Å². The van der Waals surface area contributed by atoms with Gasteiger partial charge in [0, 0.05) is 19.9 Å². The molecule has 0 aliphatic carbocycles. The molecular formula is C23H22N6O5. The van der Waals surface area contributed by atoms with Crippen LogP contribution in [-0.2, 0) is 18.3 Å². The van der Waals surface area contributed by atoms with Crippen LogP contribution in [0.3, 0.4) is 0 Å². The fourth-order valence-electron chi connectivity index (χ4n) is 3.19. The Bertz CT molecular complexity index is 1420. The molecule has 34 heavy (non-hydrogen) atoms. The first-order chi connectivity index (χ1) is 16.5. The zero-order valence-corrected chi connectivity index (χ0v) is 18.6. The Morgan fingerprint density at radius 1 is 1.09 bits per heavy atom. The van der Waals surface area contributed by atoms with E-state index in [2.05, 4.69) is 20.6 Å². The van der Waals surface area contributed by atoms with Gasteiger partial charge in [-0.3, -0.25) is 14.2 Å². The molecule has 0 saturated carbocycles. The van der Waals surface area contributed by atoms with E-state index in [0.29, 0.717) is 23.7 Å². The second-order valence-corrected chi connectivity index (χ2v) is 7.23. The molecule has 2 aromatic carbocycles. The quantitative estimate of drug-likeness (QED) is 0.420. The van der Waals surface area contributed by atoms with Crippen molar-refractivity contribution in [2.75, 3.05) is 11.9 Å². The molecule has 11 nitrogen and oxygen atoms in total. The molecule has 0 saturated heterocycles. The number of benzene rings is 2. The summed E-state index contributed by atoms with van der Waals surface area (Å²) < 4.78 is 12.7. The van der Waals surface area contributed by atoms with Crippen molar-refractivity contribution >= 4 is 11.6 Å². The summed E-state index contributed by atoms with van der Waals surface area (Å²) in [7, 11) is 1.35. The summed E-state index contributed by atoms with van der Waals surface area (Å²) >= 11 is 0. The number of ether oxygens (including phenoxy) is 1. The number of rotatable bonds is 8. The van der Waals surface area contributed by atoms with Gasteiger partial charge in [0.15, 0.2) is 5.69 Å². The molecule has 0 atom stereocenters. The molecule has 0 unspecified atom stereocenters. The van der Waals surface area contributed by atoms with Gasteiger partial charge in [0.05, 0.1) is 18.0 Å². The summed E-state index contributed by atoms with van der Waals surface area (Å²) in [5.74, 6) is 0.402. The third-order valence-electron chi connectivity index (χ3n) is 4.88. The highest BCUT2D eigenvalue weighted by atomic mass is 16.5. The topological polar surface area (TPSA) is 134 Å². The number of aryl methyl sites for hydroxylation is 1. The van der Waals surface area contributed by atoms with Crippen molar-refractivity contribution in [3.05, 3.63) is 81.3 Å². The summed E-state index contributed by atoms with van der Waals surface area (Å²) in [6, 6.07) is 15.8. The van der Waals surface area contributed by atoms with Crippen molar-refractivity contribution in [3.8, 4) is 23.0 Å². The van der Waals surface area contributed by atoms with Gasteiger partial charge in [-0.05, 0) is 31.2 Å². The molecule has 11 heteroatoms. The Balaban J connectivity index is 1.51. The maximum atomic E-state index is 12.6. The molecule has 1 amide bonds. The number of nitrogens with one attached hydrogen (secondary N) is 1. The van der Waals surface area contributed by atoms with Crippen molar-refractivity contribution in [2.24, 2.45) is 7.05 Å². The number of para-hydroxylation sites is 3. The fraction of sp³-hybridized carbons (Fsp3) is 0.217. The van der Waals surface area contributed by atoms with Crippen molar-refractivity contribution in [1.29, 1.82) is 0 Å². The van der Waals surface area contributed by atoms with Crippen LogP contribution in [0.1, 0.15) is 19.2 Å². The van der Waals surface area contributed by atoms with E-state index in [-0.39, 0.29) is 36.2 Å². The van der Waals surface area contributed by atoms with Crippen LogP contribution in [-0.4, -0.2) is 37.0 Å². The summed E-state index contributed by atoms with van der Waals surface area (Å²) in [5.41, 5.74) is -0.355. The SMILES string of the molecule is CCOc1ccccc1NC(=O)CCc1nc(-c2nn(-c3ccccc3)c(=O)n(C)c2=O)no1. The van der Waals surface area contributed by atoms with Crippen LogP contribution in [0.2, 0.25) is 0 Å². The van der Waals surface area contributed by atoms with Crippen LogP contribution in [0.4, 0.5) is 5.69 Å². The number of nitrogens with zero attached hydrogens (tertiary/aromatic N) is 5. The summed E-state index contributed by atoms with van der Waals surface area (Å²) in [6.45, 7) is 2.34. The smallest absolute Gasteiger partial charge is 0.351 e. The summed E-state index contributed by atoms with van der Waals surface area (Å²) in [6.07, 6.45) is 0.214. The summed E-state index contributed by atoms with van der Waals surface area (Å²) in [5, 5.41) is 10.8.